The highest BCUT2D eigenvalue weighted by Gasteiger charge is 2.40. The van der Waals surface area contributed by atoms with E-state index >= 15 is 0 Å². The first-order valence-electron chi connectivity index (χ1n) is 6.90. The van der Waals surface area contributed by atoms with Gasteiger partial charge in [0.05, 0.1) is 0 Å². The maximum atomic E-state index is 3.92. The second-order valence-corrected chi connectivity index (χ2v) is 5.46. The smallest absolute Gasteiger partial charge is 0.0338 e. The maximum Gasteiger partial charge on any atom is 0.0338 e. The van der Waals surface area contributed by atoms with E-state index in [-0.39, 0.29) is 0 Å². The summed E-state index contributed by atoms with van der Waals surface area (Å²) in [5.41, 5.74) is 0.456. The minimum Gasteiger partial charge on any atom is -0.311 e. The third kappa shape index (κ3) is 2.33. The van der Waals surface area contributed by atoms with Crippen LogP contribution in [0.4, 0.5) is 0 Å². The summed E-state index contributed by atoms with van der Waals surface area (Å²) in [4.78, 5) is 2.70. The number of nitrogens with zero attached hydrogens (tertiary/aromatic N) is 1. The minimum atomic E-state index is 0.456. The van der Waals surface area contributed by atoms with Gasteiger partial charge in [0.1, 0.15) is 0 Å². The molecule has 0 aromatic rings. The van der Waals surface area contributed by atoms with Gasteiger partial charge in [-0.05, 0) is 19.3 Å². The molecule has 1 N–H and O–H groups in total. The van der Waals surface area contributed by atoms with E-state index in [1.807, 2.05) is 0 Å². The standard InChI is InChI=1S/C14H26N2/c1-3-10-16-11-13(4-2)15-12-14(16)8-6-5-7-9-14/h3,13,15H,1,4-12H2,2H3. The lowest BCUT2D eigenvalue weighted by Crippen LogP contribution is -2.65. The molecule has 0 aromatic heterocycles. The number of piperazine rings is 1. The van der Waals surface area contributed by atoms with Gasteiger partial charge in [-0.25, -0.2) is 0 Å². The van der Waals surface area contributed by atoms with Crippen LogP contribution >= 0.6 is 0 Å². The third-order valence-corrected chi connectivity index (χ3v) is 4.46. The fraction of sp³-hybridized carbons (Fsp3) is 0.857. The van der Waals surface area contributed by atoms with Crippen molar-refractivity contribution in [2.24, 2.45) is 0 Å². The molecule has 2 aliphatic rings. The van der Waals surface area contributed by atoms with Gasteiger partial charge in [0.25, 0.3) is 0 Å². The summed E-state index contributed by atoms with van der Waals surface area (Å²) in [6.07, 6.45) is 10.3. The van der Waals surface area contributed by atoms with E-state index in [1.165, 1.54) is 51.6 Å². The van der Waals surface area contributed by atoms with E-state index < -0.39 is 0 Å². The molecular formula is C14H26N2. The third-order valence-electron chi connectivity index (χ3n) is 4.46. The molecule has 1 heterocycles. The van der Waals surface area contributed by atoms with Gasteiger partial charge in [-0.2, -0.15) is 0 Å². The molecule has 2 heteroatoms. The van der Waals surface area contributed by atoms with Gasteiger partial charge in [0.15, 0.2) is 0 Å². The lowest BCUT2D eigenvalue weighted by atomic mass is 9.78. The molecular weight excluding hydrogens is 196 g/mol. The summed E-state index contributed by atoms with van der Waals surface area (Å²) in [5.74, 6) is 0. The Morgan fingerprint density at radius 3 is 2.75 bits per heavy atom. The van der Waals surface area contributed by atoms with Crippen LogP contribution in [0.25, 0.3) is 0 Å². The van der Waals surface area contributed by atoms with Crippen molar-refractivity contribution in [3.8, 4) is 0 Å². The zero-order valence-corrected chi connectivity index (χ0v) is 10.7. The van der Waals surface area contributed by atoms with Gasteiger partial charge in [-0.15, -0.1) is 6.58 Å². The monoisotopic (exact) mass is 222 g/mol. The average Bonchev–Trinajstić information content (AvgIpc) is 2.34. The molecule has 0 amide bonds. The fourth-order valence-electron chi connectivity index (χ4n) is 3.37. The van der Waals surface area contributed by atoms with Crippen molar-refractivity contribution < 1.29 is 0 Å². The van der Waals surface area contributed by atoms with Gasteiger partial charge in [-0.1, -0.05) is 32.3 Å². The molecule has 2 nitrogen and oxygen atoms in total. The van der Waals surface area contributed by atoms with Crippen LogP contribution in [0.2, 0.25) is 0 Å². The van der Waals surface area contributed by atoms with Crippen molar-refractivity contribution in [2.75, 3.05) is 19.6 Å². The van der Waals surface area contributed by atoms with E-state index in [1.54, 1.807) is 0 Å². The number of rotatable bonds is 3. The zero-order chi connectivity index (χ0) is 11.4. The Morgan fingerprint density at radius 2 is 2.12 bits per heavy atom. The Labute approximate surface area is 100 Å². The van der Waals surface area contributed by atoms with E-state index in [0.717, 1.165) is 6.54 Å². The molecule has 1 saturated carbocycles. The van der Waals surface area contributed by atoms with Gasteiger partial charge >= 0.3 is 0 Å². The van der Waals surface area contributed by atoms with Crippen molar-refractivity contribution >= 4 is 0 Å². The molecule has 2 rings (SSSR count). The van der Waals surface area contributed by atoms with Crippen LogP contribution in [0.1, 0.15) is 45.4 Å². The van der Waals surface area contributed by atoms with Crippen molar-refractivity contribution in [3.05, 3.63) is 12.7 Å². The SMILES string of the molecule is C=CCN1CC(CC)NCC12CCCCC2. The lowest BCUT2D eigenvalue weighted by molar-refractivity contribution is 0.0188. The highest BCUT2D eigenvalue weighted by molar-refractivity contribution is 5.01. The zero-order valence-electron chi connectivity index (χ0n) is 10.7. The fourth-order valence-corrected chi connectivity index (χ4v) is 3.37. The first-order valence-corrected chi connectivity index (χ1v) is 6.90. The molecule has 0 bridgehead atoms. The van der Waals surface area contributed by atoms with Crippen LogP contribution in [0.5, 0.6) is 0 Å². The van der Waals surface area contributed by atoms with Crippen molar-refractivity contribution in [1.29, 1.82) is 0 Å². The van der Waals surface area contributed by atoms with Gasteiger partial charge in [0, 0.05) is 31.2 Å². The molecule has 92 valence electrons. The summed E-state index contributed by atoms with van der Waals surface area (Å²) in [5, 5.41) is 3.74. The predicted octanol–water partition coefficient (Wildman–Crippen LogP) is 2.56. The number of nitrogens with one attached hydrogen (secondary N) is 1. The van der Waals surface area contributed by atoms with Crippen LogP contribution in [-0.4, -0.2) is 36.1 Å². The molecule has 1 aliphatic carbocycles. The molecule has 1 unspecified atom stereocenters. The topological polar surface area (TPSA) is 15.3 Å². The summed E-state index contributed by atoms with van der Waals surface area (Å²) in [6, 6.07) is 0.688. The first kappa shape index (κ1) is 12.1. The van der Waals surface area contributed by atoms with Crippen LogP contribution < -0.4 is 5.32 Å². The van der Waals surface area contributed by atoms with E-state index in [4.69, 9.17) is 0 Å². The second-order valence-electron chi connectivity index (χ2n) is 5.46. The van der Waals surface area contributed by atoms with Crippen LogP contribution in [-0.2, 0) is 0 Å². The van der Waals surface area contributed by atoms with Crippen molar-refractivity contribution in [2.45, 2.75) is 57.0 Å². The van der Waals surface area contributed by atoms with Crippen molar-refractivity contribution in [1.82, 2.24) is 10.2 Å². The summed E-state index contributed by atoms with van der Waals surface area (Å²) in [6.45, 7) is 9.67. The summed E-state index contributed by atoms with van der Waals surface area (Å²) >= 11 is 0. The molecule has 0 radical (unpaired) electrons. The minimum absolute atomic E-state index is 0.456. The maximum absolute atomic E-state index is 3.92. The average molecular weight is 222 g/mol. The van der Waals surface area contributed by atoms with E-state index in [9.17, 15) is 0 Å². The molecule has 1 atom stereocenters. The van der Waals surface area contributed by atoms with Crippen LogP contribution in [0, 0.1) is 0 Å². The molecule has 1 spiro atoms. The Kier molecular flexibility index (Phi) is 4.04. The first-order chi connectivity index (χ1) is 7.80. The van der Waals surface area contributed by atoms with Gasteiger partial charge < -0.3 is 5.32 Å². The van der Waals surface area contributed by atoms with E-state index in [2.05, 4.69) is 29.8 Å². The molecule has 16 heavy (non-hydrogen) atoms. The summed E-state index contributed by atoms with van der Waals surface area (Å²) in [7, 11) is 0. The van der Waals surface area contributed by atoms with E-state index in [0.29, 0.717) is 11.6 Å². The van der Waals surface area contributed by atoms with Gasteiger partial charge in [0.2, 0.25) is 0 Å². The normalized spacial score (nSPS) is 30.4. The number of hydrogen-bond acceptors (Lipinski definition) is 2. The Balaban J connectivity index is 2.06. The van der Waals surface area contributed by atoms with Gasteiger partial charge in [-0.3, -0.25) is 4.90 Å². The second kappa shape index (κ2) is 5.33. The highest BCUT2D eigenvalue weighted by Crippen LogP contribution is 2.35. The molecule has 1 saturated heterocycles. The summed E-state index contributed by atoms with van der Waals surface area (Å²) < 4.78 is 0. The molecule has 2 fully saturated rings. The molecule has 0 aromatic carbocycles. The Hall–Kier alpha value is -0.340. The van der Waals surface area contributed by atoms with Crippen LogP contribution in [0.15, 0.2) is 12.7 Å². The highest BCUT2D eigenvalue weighted by atomic mass is 15.3. The largest absolute Gasteiger partial charge is 0.311 e. The van der Waals surface area contributed by atoms with Crippen LogP contribution in [0.3, 0.4) is 0 Å². The van der Waals surface area contributed by atoms with Crippen molar-refractivity contribution in [3.63, 3.8) is 0 Å². The quantitative estimate of drug-likeness (QED) is 0.738. The Bertz CT molecular complexity index is 231. The molecule has 1 aliphatic heterocycles. The lowest BCUT2D eigenvalue weighted by Gasteiger charge is -2.52. The predicted molar refractivity (Wildman–Crippen MR) is 69.7 cm³/mol. The Morgan fingerprint density at radius 1 is 1.38 bits per heavy atom. The number of hydrogen-bond donors (Lipinski definition) is 1.